The molecule has 1 aliphatic rings. The first-order valence-electron chi connectivity index (χ1n) is 8.93. The van der Waals surface area contributed by atoms with Crippen LogP contribution in [0.15, 0.2) is 42.5 Å². The number of hydrogen-bond acceptors (Lipinski definition) is 2. The van der Waals surface area contributed by atoms with Crippen molar-refractivity contribution < 1.29 is 4.79 Å². The summed E-state index contributed by atoms with van der Waals surface area (Å²) in [5, 5.41) is 3.02. The third-order valence-corrected chi connectivity index (χ3v) is 5.07. The van der Waals surface area contributed by atoms with Gasteiger partial charge >= 0.3 is 6.03 Å². The van der Waals surface area contributed by atoms with Gasteiger partial charge in [0.15, 0.2) is 0 Å². The molecule has 0 aromatic heterocycles. The zero-order chi connectivity index (χ0) is 17.8. The number of benzene rings is 2. The van der Waals surface area contributed by atoms with E-state index in [0.29, 0.717) is 0 Å². The first kappa shape index (κ1) is 17.5. The lowest BCUT2D eigenvalue weighted by atomic mass is 10.1. The predicted molar refractivity (Wildman–Crippen MR) is 103 cm³/mol. The Bertz CT molecular complexity index is 749. The van der Waals surface area contributed by atoms with Gasteiger partial charge in [0.1, 0.15) is 0 Å². The summed E-state index contributed by atoms with van der Waals surface area (Å²) in [7, 11) is 0. The van der Waals surface area contributed by atoms with Crippen LogP contribution in [0.25, 0.3) is 0 Å². The van der Waals surface area contributed by atoms with Gasteiger partial charge in [-0.05, 0) is 55.2 Å². The first-order chi connectivity index (χ1) is 12.0. The molecule has 1 aliphatic heterocycles. The van der Waals surface area contributed by atoms with E-state index in [1.807, 2.05) is 23.1 Å². The molecular weight excluding hydrogens is 310 g/mol. The molecule has 0 spiro atoms. The van der Waals surface area contributed by atoms with Crippen LogP contribution in [-0.4, -0.2) is 42.0 Å². The maximum atomic E-state index is 12.5. The molecule has 0 aliphatic carbocycles. The third-order valence-electron chi connectivity index (χ3n) is 5.07. The SMILES string of the molecule is Cc1ccc(NC(=O)N2CCN(Cc3ccccc3C)CC2)cc1C. The average molecular weight is 337 g/mol. The second-order valence-corrected chi connectivity index (χ2v) is 6.92. The van der Waals surface area contributed by atoms with Crippen molar-refractivity contribution >= 4 is 11.7 Å². The number of anilines is 1. The number of piperazine rings is 1. The van der Waals surface area contributed by atoms with Crippen LogP contribution in [0.3, 0.4) is 0 Å². The maximum Gasteiger partial charge on any atom is 0.321 e. The van der Waals surface area contributed by atoms with Crippen LogP contribution in [0.4, 0.5) is 10.5 Å². The fourth-order valence-electron chi connectivity index (χ4n) is 3.16. The summed E-state index contributed by atoms with van der Waals surface area (Å²) in [4.78, 5) is 16.8. The number of hydrogen-bond donors (Lipinski definition) is 1. The Balaban J connectivity index is 1.52. The highest BCUT2D eigenvalue weighted by atomic mass is 16.2. The monoisotopic (exact) mass is 337 g/mol. The smallest absolute Gasteiger partial charge is 0.321 e. The topological polar surface area (TPSA) is 35.6 Å². The number of amides is 2. The minimum Gasteiger partial charge on any atom is -0.322 e. The second kappa shape index (κ2) is 7.70. The number of carbonyl (C=O) groups is 1. The molecule has 4 nitrogen and oxygen atoms in total. The van der Waals surface area contributed by atoms with Crippen molar-refractivity contribution in [2.45, 2.75) is 27.3 Å². The van der Waals surface area contributed by atoms with Gasteiger partial charge in [-0.15, -0.1) is 0 Å². The van der Waals surface area contributed by atoms with E-state index in [2.05, 4.69) is 55.3 Å². The van der Waals surface area contributed by atoms with Gasteiger partial charge in [0, 0.05) is 38.4 Å². The fraction of sp³-hybridized carbons (Fsp3) is 0.381. The quantitative estimate of drug-likeness (QED) is 0.920. The molecule has 2 amide bonds. The minimum atomic E-state index is -0.00112. The molecular formula is C21H27N3O. The van der Waals surface area contributed by atoms with E-state index >= 15 is 0 Å². The zero-order valence-electron chi connectivity index (χ0n) is 15.4. The van der Waals surface area contributed by atoms with Crippen LogP contribution in [0.1, 0.15) is 22.3 Å². The Morgan fingerprint density at radius 2 is 1.64 bits per heavy atom. The van der Waals surface area contributed by atoms with Gasteiger partial charge in [-0.2, -0.15) is 0 Å². The van der Waals surface area contributed by atoms with E-state index in [-0.39, 0.29) is 6.03 Å². The number of rotatable bonds is 3. The van der Waals surface area contributed by atoms with Crippen molar-refractivity contribution in [2.24, 2.45) is 0 Å². The molecule has 0 radical (unpaired) electrons. The molecule has 0 saturated carbocycles. The highest BCUT2D eigenvalue weighted by molar-refractivity contribution is 5.89. The van der Waals surface area contributed by atoms with E-state index in [1.165, 1.54) is 22.3 Å². The van der Waals surface area contributed by atoms with Crippen LogP contribution in [0.5, 0.6) is 0 Å². The molecule has 0 bridgehead atoms. The number of carbonyl (C=O) groups excluding carboxylic acids is 1. The number of nitrogens with one attached hydrogen (secondary N) is 1. The van der Waals surface area contributed by atoms with E-state index in [9.17, 15) is 4.79 Å². The molecule has 0 unspecified atom stereocenters. The van der Waals surface area contributed by atoms with Gasteiger partial charge in [0.05, 0.1) is 0 Å². The Hall–Kier alpha value is -2.33. The maximum absolute atomic E-state index is 12.5. The molecule has 2 aromatic rings. The molecule has 1 saturated heterocycles. The lowest BCUT2D eigenvalue weighted by Gasteiger charge is -2.35. The van der Waals surface area contributed by atoms with Gasteiger partial charge in [0.25, 0.3) is 0 Å². The van der Waals surface area contributed by atoms with Gasteiger partial charge in [-0.25, -0.2) is 4.79 Å². The van der Waals surface area contributed by atoms with Crippen molar-refractivity contribution in [3.63, 3.8) is 0 Å². The van der Waals surface area contributed by atoms with Crippen molar-refractivity contribution in [1.29, 1.82) is 0 Å². The van der Waals surface area contributed by atoms with Gasteiger partial charge < -0.3 is 10.2 Å². The lowest BCUT2D eigenvalue weighted by Crippen LogP contribution is -2.49. The lowest BCUT2D eigenvalue weighted by molar-refractivity contribution is 0.143. The van der Waals surface area contributed by atoms with Crippen LogP contribution in [0.2, 0.25) is 0 Å². The molecule has 1 N–H and O–H groups in total. The largest absolute Gasteiger partial charge is 0.322 e. The fourth-order valence-corrected chi connectivity index (χ4v) is 3.16. The molecule has 3 rings (SSSR count). The predicted octanol–water partition coefficient (Wildman–Crippen LogP) is 3.96. The Kier molecular flexibility index (Phi) is 5.39. The van der Waals surface area contributed by atoms with E-state index in [1.54, 1.807) is 0 Å². The molecule has 2 aromatic carbocycles. The molecule has 0 atom stereocenters. The Morgan fingerprint density at radius 3 is 2.32 bits per heavy atom. The molecule has 1 fully saturated rings. The van der Waals surface area contributed by atoms with E-state index in [0.717, 1.165) is 38.4 Å². The molecule has 25 heavy (non-hydrogen) atoms. The first-order valence-corrected chi connectivity index (χ1v) is 8.93. The van der Waals surface area contributed by atoms with Crippen LogP contribution >= 0.6 is 0 Å². The highest BCUT2D eigenvalue weighted by Gasteiger charge is 2.21. The van der Waals surface area contributed by atoms with Gasteiger partial charge in [-0.1, -0.05) is 30.3 Å². The Labute approximate surface area is 150 Å². The average Bonchev–Trinajstić information content (AvgIpc) is 2.61. The van der Waals surface area contributed by atoms with Gasteiger partial charge in [-0.3, -0.25) is 4.90 Å². The Morgan fingerprint density at radius 1 is 0.920 bits per heavy atom. The highest BCUT2D eigenvalue weighted by Crippen LogP contribution is 2.16. The minimum absolute atomic E-state index is 0.00112. The van der Waals surface area contributed by atoms with Crippen molar-refractivity contribution in [3.8, 4) is 0 Å². The summed E-state index contributed by atoms with van der Waals surface area (Å²) in [6, 6.07) is 14.6. The van der Waals surface area contributed by atoms with E-state index < -0.39 is 0 Å². The summed E-state index contributed by atoms with van der Waals surface area (Å²) >= 11 is 0. The molecule has 132 valence electrons. The normalized spacial score (nSPS) is 15.2. The number of nitrogens with zero attached hydrogens (tertiary/aromatic N) is 2. The van der Waals surface area contributed by atoms with Gasteiger partial charge in [0.2, 0.25) is 0 Å². The van der Waals surface area contributed by atoms with Crippen molar-refractivity contribution in [2.75, 3.05) is 31.5 Å². The van der Waals surface area contributed by atoms with Crippen LogP contribution in [0, 0.1) is 20.8 Å². The summed E-state index contributed by atoms with van der Waals surface area (Å²) < 4.78 is 0. The van der Waals surface area contributed by atoms with E-state index in [4.69, 9.17) is 0 Å². The third kappa shape index (κ3) is 4.40. The number of aryl methyl sites for hydroxylation is 3. The van der Waals surface area contributed by atoms with Crippen LogP contribution < -0.4 is 5.32 Å². The number of urea groups is 1. The summed E-state index contributed by atoms with van der Waals surface area (Å²) in [6.07, 6.45) is 0. The second-order valence-electron chi connectivity index (χ2n) is 6.92. The van der Waals surface area contributed by atoms with Crippen LogP contribution in [-0.2, 0) is 6.54 Å². The van der Waals surface area contributed by atoms with Crippen molar-refractivity contribution in [3.05, 3.63) is 64.7 Å². The zero-order valence-corrected chi connectivity index (χ0v) is 15.4. The summed E-state index contributed by atoms with van der Waals surface area (Å²) in [5.41, 5.74) is 6.01. The standard InChI is InChI=1S/C21H27N3O/c1-16-8-9-20(14-18(16)3)22-21(25)24-12-10-23(11-13-24)15-19-7-5-4-6-17(19)2/h4-9,14H,10-13,15H2,1-3H3,(H,22,25). The summed E-state index contributed by atoms with van der Waals surface area (Å²) in [5.74, 6) is 0. The molecule has 4 heteroatoms. The molecule has 1 heterocycles. The van der Waals surface area contributed by atoms with Crippen molar-refractivity contribution in [1.82, 2.24) is 9.80 Å². The summed E-state index contributed by atoms with van der Waals surface area (Å²) in [6.45, 7) is 10.6.